The number of nitrogens with zero attached hydrogens (tertiary/aromatic N) is 2. The number of carbonyl (C=O) groups is 1. The normalized spacial score (nSPS) is 11.2. The van der Waals surface area contributed by atoms with Crippen molar-refractivity contribution in [3.05, 3.63) is 35.8 Å². The molecule has 0 radical (unpaired) electrons. The predicted molar refractivity (Wildman–Crippen MR) is 65.3 cm³/mol. The number of nitrogens with one attached hydrogen (secondary N) is 2. The van der Waals surface area contributed by atoms with Crippen LogP contribution < -0.4 is 4.72 Å². The first-order valence-corrected chi connectivity index (χ1v) is 6.60. The standard InChI is InChI=1S/C10H10N4O4S/c1-6-8(5-12-13-6)19(17,18)14-9-3-2-7(4-11-9)10(15)16/h2-5H,1H3,(H,11,14)(H,12,13)(H,15,16). The summed E-state index contributed by atoms with van der Waals surface area (Å²) in [7, 11) is -3.79. The van der Waals surface area contributed by atoms with Crippen molar-refractivity contribution in [1.29, 1.82) is 0 Å². The lowest BCUT2D eigenvalue weighted by atomic mass is 10.3. The molecule has 2 rings (SSSR count). The molecular weight excluding hydrogens is 272 g/mol. The number of hydrogen-bond donors (Lipinski definition) is 3. The van der Waals surface area contributed by atoms with E-state index < -0.39 is 16.0 Å². The molecule has 100 valence electrons. The largest absolute Gasteiger partial charge is 0.478 e. The highest BCUT2D eigenvalue weighted by Crippen LogP contribution is 2.16. The minimum absolute atomic E-state index is 0.0108. The van der Waals surface area contributed by atoms with Gasteiger partial charge in [-0.25, -0.2) is 18.2 Å². The van der Waals surface area contributed by atoms with Crippen LogP contribution in [0.4, 0.5) is 5.82 Å². The molecular formula is C10H10N4O4S. The van der Waals surface area contributed by atoms with E-state index in [4.69, 9.17) is 5.11 Å². The minimum Gasteiger partial charge on any atom is -0.478 e. The molecule has 0 aliphatic carbocycles. The van der Waals surface area contributed by atoms with Gasteiger partial charge in [-0.05, 0) is 19.1 Å². The zero-order chi connectivity index (χ0) is 14.0. The number of hydrogen-bond acceptors (Lipinski definition) is 5. The van der Waals surface area contributed by atoms with Crippen LogP contribution in [0.15, 0.2) is 29.4 Å². The molecule has 2 aromatic rings. The topological polar surface area (TPSA) is 125 Å². The average molecular weight is 282 g/mol. The number of rotatable bonds is 4. The fourth-order valence-corrected chi connectivity index (χ4v) is 2.53. The number of aromatic carboxylic acids is 1. The fraction of sp³-hybridized carbons (Fsp3) is 0.100. The SMILES string of the molecule is Cc1[nH]ncc1S(=O)(=O)Nc1ccc(C(=O)O)cn1. The highest BCUT2D eigenvalue weighted by Gasteiger charge is 2.19. The van der Waals surface area contributed by atoms with Gasteiger partial charge in [-0.2, -0.15) is 5.10 Å². The number of sulfonamides is 1. The molecule has 0 spiro atoms. The number of aromatic nitrogens is 3. The molecule has 0 aliphatic rings. The first-order chi connectivity index (χ1) is 8.90. The number of pyridine rings is 1. The van der Waals surface area contributed by atoms with Gasteiger partial charge < -0.3 is 5.11 Å². The number of aryl methyl sites for hydroxylation is 1. The number of carboxylic acids is 1. The third kappa shape index (κ3) is 2.71. The van der Waals surface area contributed by atoms with Crippen LogP contribution in [0.5, 0.6) is 0 Å². The predicted octanol–water partition coefficient (Wildman–Crippen LogP) is 0.612. The number of H-pyrrole nitrogens is 1. The van der Waals surface area contributed by atoms with Crippen LogP contribution in [0.3, 0.4) is 0 Å². The first kappa shape index (κ1) is 13.0. The molecule has 2 aromatic heterocycles. The summed E-state index contributed by atoms with van der Waals surface area (Å²) in [6.45, 7) is 1.57. The summed E-state index contributed by atoms with van der Waals surface area (Å²) in [5.41, 5.74) is 0.372. The van der Waals surface area contributed by atoms with Gasteiger partial charge in [0, 0.05) is 6.20 Å². The van der Waals surface area contributed by atoms with E-state index in [1.54, 1.807) is 6.92 Å². The number of aromatic amines is 1. The molecule has 8 nitrogen and oxygen atoms in total. The van der Waals surface area contributed by atoms with Gasteiger partial charge in [0.15, 0.2) is 0 Å². The maximum atomic E-state index is 12.0. The zero-order valence-corrected chi connectivity index (χ0v) is 10.6. The summed E-state index contributed by atoms with van der Waals surface area (Å²) in [6.07, 6.45) is 2.26. The quantitative estimate of drug-likeness (QED) is 0.754. The van der Waals surface area contributed by atoms with Crippen LogP contribution in [0.2, 0.25) is 0 Å². The molecule has 0 bridgehead atoms. The van der Waals surface area contributed by atoms with E-state index in [1.165, 1.54) is 18.3 Å². The average Bonchev–Trinajstić information content (AvgIpc) is 2.76. The summed E-state index contributed by atoms with van der Waals surface area (Å²) in [5.74, 6) is -1.10. The van der Waals surface area contributed by atoms with Crippen molar-refractivity contribution in [2.24, 2.45) is 0 Å². The van der Waals surface area contributed by atoms with Gasteiger partial charge >= 0.3 is 5.97 Å². The molecule has 9 heteroatoms. The van der Waals surface area contributed by atoms with Gasteiger partial charge in [0.2, 0.25) is 0 Å². The monoisotopic (exact) mass is 282 g/mol. The minimum atomic E-state index is -3.79. The second-order valence-electron chi connectivity index (χ2n) is 3.70. The molecule has 0 fully saturated rings. The molecule has 0 unspecified atom stereocenters. The number of anilines is 1. The Kier molecular flexibility index (Phi) is 3.21. The summed E-state index contributed by atoms with van der Waals surface area (Å²) >= 11 is 0. The van der Waals surface area contributed by atoms with Crippen molar-refractivity contribution < 1.29 is 18.3 Å². The van der Waals surface area contributed by atoms with Crippen molar-refractivity contribution in [2.75, 3.05) is 4.72 Å². The van der Waals surface area contributed by atoms with Crippen molar-refractivity contribution in [2.45, 2.75) is 11.8 Å². The Balaban J connectivity index is 2.26. The summed E-state index contributed by atoms with van der Waals surface area (Å²) in [4.78, 5) is 14.4. The van der Waals surface area contributed by atoms with Gasteiger partial charge in [0.25, 0.3) is 10.0 Å². The molecule has 0 atom stereocenters. The molecule has 0 aliphatic heterocycles. The van der Waals surface area contributed by atoms with E-state index >= 15 is 0 Å². The van der Waals surface area contributed by atoms with Crippen LogP contribution in [0.1, 0.15) is 16.1 Å². The van der Waals surface area contributed by atoms with E-state index in [0.717, 1.165) is 6.20 Å². The second kappa shape index (κ2) is 4.69. The highest BCUT2D eigenvalue weighted by molar-refractivity contribution is 7.92. The van der Waals surface area contributed by atoms with Gasteiger partial charge in [-0.15, -0.1) is 0 Å². The Bertz CT molecular complexity index is 705. The Morgan fingerprint density at radius 1 is 1.37 bits per heavy atom. The first-order valence-electron chi connectivity index (χ1n) is 5.12. The van der Waals surface area contributed by atoms with Crippen LogP contribution in [0, 0.1) is 6.92 Å². The van der Waals surface area contributed by atoms with E-state index in [1.807, 2.05) is 0 Å². The van der Waals surface area contributed by atoms with Gasteiger partial charge in [0.1, 0.15) is 10.7 Å². The fourth-order valence-electron chi connectivity index (χ4n) is 1.38. The highest BCUT2D eigenvalue weighted by atomic mass is 32.2. The van der Waals surface area contributed by atoms with E-state index in [2.05, 4.69) is 19.9 Å². The van der Waals surface area contributed by atoms with Crippen LogP contribution >= 0.6 is 0 Å². The number of carboxylic acid groups (broad SMARTS) is 1. The molecule has 3 N–H and O–H groups in total. The molecule has 0 amide bonds. The van der Waals surface area contributed by atoms with E-state index in [0.29, 0.717) is 5.69 Å². The lowest BCUT2D eigenvalue weighted by Gasteiger charge is -2.06. The Morgan fingerprint density at radius 3 is 2.58 bits per heavy atom. The zero-order valence-electron chi connectivity index (χ0n) is 9.78. The lowest BCUT2D eigenvalue weighted by Crippen LogP contribution is -2.14. The van der Waals surface area contributed by atoms with Crippen LogP contribution in [-0.2, 0) is 10.0 Å². The lowest BCUT2D eigenvalue weighted by molar-refractivity contribution is 0.0696. The Morgan fingerprint density at radius 2 is 2.11 bits per heavy atom. The summed E-state index contributed by atoms with van der Waals surface area (Å²) < 4.78 is 26.2. The van der Waals surface area contributed by atoms with Crippen molar-refractivity contribution in [3.63, 3.8) is 0 Å². The maximum Gasteiger partial charge on any atom is 0.337 e. The molecule has 19 heavy (non-hydrogen) atoms. The smallest absolute Gasteiger partial charge is 0.337 e. The van der Waals surface area contributed by atoms with E-state index in [-0.39, 0.29) is 16.3 Å². The van der Waals surface area contributed by atoms with Gasteiger partial charge in [-0.3, -0.25) is 9.82 Å². The van der Waals surface area contributed by atoms with Crippen LogP contribution in [0.25, 0.3) is 0 Å². The van der Waals surface area contributed by atoms with E-state index in [9.17, 15) is 13.2 Å². The third-order valence-corrected chi connectivity index (χ3v) is 3.79. The summed E-state index contributed by atoms with van der Waals surface area (Å²) in [5, 5.41) is 14.8. The Hall–Kier alpha value is -2.42. The van der Waals surface area contributed by atoms with Crippen molar-refractivity contribution in [1.82, 2.24) is 15.2 Å². The maximum absolute atomic E-state index is 12.0. The molecule has 0 saturated carbocycles. The molecule has 2 heterocycles. The van der Waals surface area contributed by atoms with Crippen molar-refractivity contribution >= 4 is 21.8 Å². The van der Waals surface area contributed by atoms with Gasteiger partial charge in [-0.1, -0.05) is 0 Å². The summed E-state index contributed by atoms with van der Waals surface area (Å²) in [6, 6.07) is 2.53. The molecule has 0 saturated heterocycles. The Labute approximate surface area is 108 Å². The van der Waals surface area contributed by atoms with Crippen molar-refractivity contribution in [3.8, 4) is 0 Å². The second-order valence-corrected chi connectivity index (χ2v) is 5.35. The third-order valence-electron chi connectivity index (χ3n) is 2.32. The van der Waals surface area contributed by atoms with Crippen LogP contribution in [-0.4, -0.2) is 34.7 Å². The molecule has 0 aromatic carbocycles. The van der Waals surface area contributed by atoms with Gasteiger partial charge in [0.05, 0.1) is 17.5 Å².